The molecule has 2 aliphatic heterocycles. The Kier molecular flexibility index (Phi) is 5.50. The van der Waals surface area contributed by atoms with Crippen molar-refractivity contribution < 1.29 is 4.79 Å². The number of aromatic nitrogens is 2. The van der Waals surface area contributed by atoms with Crippen molar-refractivity contribution in [1.82, 2.24) is 14.3 Å². The molecule has 3 aromatic rings. The van der Waals surface area contributed by atoms with Crippen LogP contribution in [-0.4, -0.2) is 37.1 Å². The summed E-state index contributed by atoms with van der Waals surface area (Å²) in [4.78, 5) is 36.3. The van der Waals surface area contributed by atoms with E-state index < -0.39 is 0 Å². The van der Waals surface area contributed by atoms with Crippen LogP contribution in [0, 0.1) is 0 Å². The quantitative estimate of drug-likeness (QED) is 0.402. The molecule has 0 radical (unpaired) electrons. The first-order valence-corrected chi connectivity index (χ1v) is 12.9. The van der Waals surface area contributed by atoms with Gasteiger partial charge in [0.1, 0.15) is 15.8 Å². The first-order valence-electron chi connectivity index (χ1n) is 11.7. The van der Waals surface area contributed by atoms with Gasteiger partial charge in [-0.05, 0) is 48.6 Å². The number of fused-ring (bicyclic) bond motifs is 2. The second-order valence-corrected chi connectivity index (χ2v) is 10.7. The van der Waals surface area contributed by atoms with E-state index in [1.807, 2.05) is 24.3 Å². The number of anilines is 1. The Hall–Kier alpha value is -2.97. The number of amides is 1. The third kappa shape index (κ3) is 3.65. The van der Waals surface area contributed by atoms with Crippen molar-refractivity contribution in [3.05, 3.63) is 80.6 Å². The highest BCUT2D eigenvalue weighted by Gasteiger charge is 2.38. The molecule has 2 aromatic heterocycles. The Labute approximate surface area is 207 Å². The summed E-state index contributed by atoms with van der Waals surface area (Å²) in [5.41, 5.74) is 3.43. The Balaban J connectivity index is 1.45. The van der Waals surface area contributed by atoms with Crippen LogP contribution in [0.25, 0.3) is 11.7 Å². The van der Waals surface area contributed by atoms with E-state index in [1.165, 1.54) is 22.9 Å². The average molecular weight is 489 g/mol. The number of pyridine rings is 1. The zero-order valence-electron chi connectivity index (χ0n) is 18.6. The molecule has 1 aliphatic carbocycles. The lowest BCUT2D eigenvalue weighted by molar-refractivity contribution is -0.123. The topological polar surface area (TPSA) is 57.9 Å². The van der Waals surface area contributed by atoms with E-state index in [4.69, 9.17) is 17.2 Å². The molecule has 1 amide bonds. The van der Waals surface area contributed by atoms with Crippen LogP contribution in [0.15, 0.2) is 58.4 Å². The lowest BCUT2D eigenvalue weighted by Crippen LogP contribution is -2.36. The highest BCUT2D eigenvalue weighted by molar-refractivity contribution is 8.26. The Morgan fingerprint density at radius 2 is 1.79 bits per heavy atom. The summed E-state index contributed by atoms with van der Waals surface area (Å²) in [7, 11) is 0. The lowest BCUT2D eigenvalue weighted by Gasteiger charge is -2.30. The Morgan fingerprint density at radius 3 is 2.62 bits per heavy atom. The predicted molar refractivity (Wildman–Crippen MR) is 140 cm³/mol. The third-order valence-electron chi connectivity index (χ3n) is 6.97. The minimum absolute atomic E-state index is 0.0885. The van der Waals surface area contributed by atoms with Crippen LogP contribution in [0.1, 0.15) is 42.4 Å². The molecule has 0 unspecified atom stereocenters. The maximum atomic E-state index is 13.6. The number of rotatable bonds is 3. The minimum atomic E-state index is -0.175. The van der Waals surface area contributed by atoms with Crippen molar-refractivity contribution in [2.24, 2.45) is 0 Å². The summed E-state index contributed by atoms with van der Waals surface area (Å²) < 4.78 is 2.13. The lowest BCUT2D eigenvalue weighted by atomic mass is 9.99. The largest absolute Gasteiger partial charge is 0.351 e. The predicted octanol–water partition coefficient (Wildman–Crippen LogP) is 4.40. The van der Waals surface area contributed by atoms with Gasteiger partial charge in [-0.25, -0.2) is 4.98 Å². The van der Waals surface area contributed by atoms with Crippen molar-refractivity contribution in [3.63, 3.8) is 0 Å². The third-order valence-corrected chi connectivity index (χ3v) is 8.30. The van der Waals surface area contributed by atoms with Gasteiger partial charge in [-0.3, -0.25) is 18.9 Å². The molecule has 172 valence electrons. The van der Waals surface area contributed by atoms with E-state index in [2.05, 4.69) is 23.1 Å². The van der Waals surface area contributed by atoms with Gasteiger partial charge >= 0.3 is 0 Å². The second kappa shape index (κ2) is 8.67. The number of benzene rings is 1. The number of carbonyl (C=O) groups is 1. The Bertz CT molecular complexity index is 1410. The summed E-state index contributed by atoms with van der Waals surface area (Å²) in [5.74, 6) is 0.534. The van der Waals surface area contributed by atoms with Crippen molar-refractivity contribution in [3.8, 4) is 0 Å². The van der Waals surface area contributed by atoms with E-state index in [9.17, 15) is 9.59 Å². The van der Waals surface area contributed by atoms with Gasteiger partial charge < -0.3 is 4.90 Å². The van der Waals surface area contributed by atoms with E-state index >= 15 is 0 Å². The number of hydrogen-bond donors (Lipinski definition) is 0. The molecule has 0 N–H and O–H groups in total. The monoisotopic (exact) mass is 488 g/mol. The van der Waals surface area contributed by atoms with Crippen LogP contribution in [0.2, 0.25) is 0 Å². The number of nitrogens with zero attached hydrogens (tertiary/aromatic N) is 4. The van der Waals surface area contributed by atoms with E-state index in [1.54, 1.807) is 21.6 Å². The number of thiocarbonyl (C=S) groups is 1. The van der Waals surface area contributed by atoms with Crippen LogP contribution < -0.4 is 10.5 Å². The maximum absolute atomic E-state index is 13.6. The van der Waals surface area contributed by atoms with Gasteiger partial charge in [0.15, 0.2) is 0 Å². The van der Waals surface area contributed by atoms with E-state index in [-0.39, 0.29) is 17.5 Å². The van der Waals surface area contributed by atoms with Crippen LogP contribution >= 0.6 is 24.0 Å². The van der Waals surface area contributed by atoms with Crippen molar-refractivity contribution in [2.75, 3.05) is 11.4 Å². The molecule has 0 spiro atoms. The van der Waals surface area contributed by atoms with Crippen molar-refractivity contribution in [2.45, 2.75) is 44.7 Å². The molecule has 6 nitrogen and oxygen atoms in total. The van der Waals surface area contributed by atoms with Gasteiger partial charge in [0.25, 0.3) is 11.5 Å². The normalized spacial score (nSPS) is 20.1. The molecule has 2 fully saturated rings. The van der Waals surface area contributed by atoms with E-state index in [0.29, 0.717) is 32.8 Å². The summed E-state index contributed by atoms with van der Waals surface area (Å²) in [6.45, 7) is 1.44. The molecule has 0 atom stereocenters. The SMILES string of the molecule is O=C1C(=Cc2c(N3CCc4ccccc4C3)nc3ccccn3c2=O)SC(=S)N1C1CCCC1. The highest BCUT2D eigenvalue weighted by Crippen LogP contribution is 2.38. The fourth-order valence-corrected chi connectivity index (χ4v) is 6.61. The highest BCUT2D eigenvalue weighted by atomic mass is 32.2. The molecular formula is C26H24N4O2S2. The number of hydrogen-bond acceptors (Lipinski definition) is 6. The minimum Gasteiger partial charge on any atom is -0.351 e. The average Bonchev–Trinajstić information content (AvgIpc) is 3.48. The molecule has 1 saturated heterocycles. The number of thioether (sulfide) groups is 1. The van der Waals surface area contributed by atoms with Crippen LogP contribution in [-0.2, 0) is 17.8 Å². The van der Waals surface area contributed by atoms with Gasteiger partial charge in [0, 0.05) is 25.3 Å². The molecule has 4 heterocycles. The molecule has 34 heavy (non-hydrogen) atoms. The summed E-state index contributed by atoms with van der Waals surface area (Å²) in [6, 6.07) is 14.1. The van der Waals surface area contributed by atoms with Crippen molar-refractivity contribution in [1.29, 1.82) is 0 Å². The standard InChI is InChI=1S/C26H24N4O2S2/c31-24-20(15-21-25(32)30(26(33)34-21)19-9-3-4-10-19)23(27-22-11-5-6-13-29(22)24)28-14-12-17-7-1-2-8-18(17)16-28/h1-2,5-8,11,13,15,19H,3-4,9-10,12,14,16H2. The van der Waals surface area contributed by atoms with Gasteiger partial charge in [0.2, 0.25) is 0 Å². The maximum Gasteiger partial charge on any atom is 0.267 e. The zero-order chi connectivity index (χ0) is 23.2. The van der Waals surface area contributed by atoms with Gasteiger partial charge in [0.05, 0.1) is 10.5 Å². The van der Waals surface area contributed by atoms with Crippen LogP contribution in [0.5, 0.6) is 0 Å². The first-order chi connectivity index (χ1) is 16.6. The molecule has 0 bridgehead atoms. The molecule has 8 heteroatoms. The fraction of sp³-hybridized carbons (Fsp3) is 0.308. The van der Waals surface area contributed by atoms with Crippen molar-refractivity contribution >= 4 is 51.7 Å². The molecule has 1 aromatic carbocycles. The molecule has 6 rings (SSSR count). The molecule has 3 aliphatic rings. The molecular weight excluding hydrogens is 464 g/mol. The van der Waals surface area contributed by atoms with Crippen LogP contribution in [0.3, 0.4) is 0 Å². The van der Waals surface area contributed by atoms with Gasteiger partial charge in [-0.2, -0.15) is 0 Å². The number of carbonyl (C=O) groups excluding carboxylic acids is 1. The Morgan fingerprint density at radius 1 is 1.03 bits per heavy atom. The van der Waals surface area contributed by atoms with Gasteiger partial charge in [-0.15, -0.1) is 0 Å². The summed E-state index contributed by atoms with van der Waals surface area (Å²) in [5, 5.41) is 0. The smallest absolute Gasteiger partial charge is 0.267 e. The second-order valence-electron chi connectivity index (χ2n) is 9.01. The summed E-state index contributed by atoms with van der Waals surface area (Å²) >= 11 is 6.87. The summed E-state index contributed by atoms with van der Waals surface area (Å²) in [6.07, 6.45) is 8.54. The van der Waals surface area contributed by atoms with Crippen LogP contribution in [0.4, 0.5) is 5.82 Å². The first kappa shape index (κ1) is 21.6. The van der Waals surface area contributed by atoms with E-state index in [0.717, 1.165) is 38.6 Å². The van der Waals surface area contributed by atoms with Gasteiger partial charge in [-0.1, -0.05) is 67.2 Å². The fourth-order valence-electron chi connectivity index (χ4n) is 5.22. The molecule has 1 saturated carbocycles. The zero-order valence-corrected chi connectivity index (χ0v) is 20.3.